The van der Waals surface area contributed by atoms with Crippen LogP contribution in [-0.4, -0.2) is 14.5 Å². The Hall–Kier alpha value is -6.80. The van der Waals surface area contributed by atoms with Crippen molar-refractivity contribution in [1.29, 1.82) is 0 Å². The van der Waals surface area contributed by atoms with E-state index in [1.165, 1.54) is 127 Å². The summed E-state index contributed by atoms with van der Waals surface area (Å²) in [5.74, 6) is 0. The minimum absolute atomic E-state index is 0.108. The molecule has 2 heterocycles. The number of hydrogen-bond acceptors (Lipinski definition) is 1. The van der Waals surface area contributed by atoms with Crippen LogP contribution < -0.4 is 0 Å². The third-order valence-electron chi connectivity index (χ3n) is 12.7. The first-order valence-electron chi connectivity index (χ1n) is 20.6. The van der Waals surface area contributed by atoms with E-state index in [4.69, 9.17) is 0 Å². The van der Waals surface area contributed by atoms with Crippen molar-refractivity contribution in [2.75, 3.05) is 0 Å². The Morgan fingerprint density at radius 2 is 0.700 bits per heavy atom. The van der Waals surface area contributed by atoms with Crippen LogP contribution in [0.1, 0.15) is 0 Å². The zero-order valence-electron chi connectivity index (χ0n) is 32.4. The van der Waals surface area contributed by atoms with E-state index < -0.39 is 0 Å². The molecule has 11 aromatic carbocycles. The maximum atomic E-state index is 2.40. The molecule has 60 heavy (non-hydrogen) atoms. The summed E-state index contributed by atoms with van der Waals surface area (Å²) in [7, 11) is 0. The molecule has 0 amide bonds. The Morgan fingerprint density at radius 1 is 0.283 bits per heavy atom. The predicted octanol–water partition coefficient (Wildman–Crippen LogP) is 16.7. The minimum atomic E-state index is 0.108. The van der Waals surface area contributed by atoms with E-state index in [0.717, 1.165) is 0 Å². The van der Waals surface area contributed by atoms with Crippen molar-refractivity contribution >= 4 is 108 Å². The molecule has 278 valence electrons. The Morgan fingerprint density at radius 3 is 1.30 bits per heavy atom. The summed E-state index contributed by atoms with van der Waals surface area (Å²) < 4.78 is 5.60. The fourth-order valence-electron chi connectivity index (χ4n) is 10.2. The van der Waals surface area contributed by atoms with Crippen LogP contribution in [-0.2, 0) is 0 Å². The molecule has 0 bridgehead atoms. The Bertz CT molecular complexity index is 3770. The standard InChI is InChI=1S/C58H34SSe/c1-2-17-35(18-3-1)52-37-20-4-6-22-39(37)53(40-23-7-5-21-38(40)52)46-29-16-34-51-56(46)49-32-15-31-48(58(49)60-51)55-43-26-10-8-24-41(43)54(42-25-9-11-27-44(42)55)47-30-14-28-45-36-19-12-13-33-50(36)59-57(45)47/h1-34H. The van der Waals surface area contributed by atoms with Crippen LogP contribution >= 0.6 is 11.3 Å². The third kappa shape index (κ3) is 4.90. The van der Waals surface area contributed by atoms with Gasteiger partial charge in [0, 0.05) is 0 Å². The number of hydrogen-bond donors (Lipinski definition) is 0. The van der Waals surface area contributed by atoms with Crippen LogP contribution in [0, 0.1) is 0 Å². The first kappa shape index (κ1) is 34.1. The summed E-state index contributed by atoms with van der Waals surface area (Å²) in [4.78, 5) is 0. The van der Waals surface area contributed by atoms with E-state index in [2.05, 4.69) is 206 Å². The maximum absolute atomic E-state index is 2.40. The molecule has 0 saturated carbocycles. The van der Waals surface area contributed by atoms with Crippen molar-refractivity contribution in [2.24, 2.45) is 0 Å². The van der Waals surface area contributed by atoms with E-state index >= 15 is 0 Å². The molecule has 0 radical (unpaired) electrons. The molecule has 0 aliphatic carbocycles. The molecular weight excluding hydrogens is 808 g/mol. The summed E-state index contributed by atoms with van der Waals surface area (Å²) in [5, 5.41) is 15.8. The van der Waals surface area contributed by atoms with Gasteiger partial charge < -0.3 is 0 Å². The van der Waals surface area contributed by atoms with Gasteiger partial charge in [-0.05, 0) is 0 Å². The molecular formula is C58H34SSe. The van der Waals surface area contributed by atoms with Crippen LogP contribution in [0.25, 0.3) is 127 Å². The molecule has 0 spiro atoms. The summed E-state index contributed by atoms with van der Waals surface area (Å²) >= 11 is 2.02. The zero-order valence-corrected chi connectivity index (χ0v) is 35.0. The van der Waals surface area contributed by atoms with Crippen molar-refractivity contribution in [2.45, 2.75) is 0 Å². The van der Waals surface area contributed by atoms with Crippen molar-refractivity contribution in [3.8, 4) is 44.5 Å². The second kappa shape index (κ2) is 13.4. The first-order valence-corrected chi connectivity index (χ1v) is 23.1. The van der Waals surface area contributed by atoms with Crippen molar-refractivity contribution in [3.05, 3.63) is 206 Å². The van der Waals surface area contributed by atoms with E-state index in [0.29, 0.717) is 0 Å². The molecule has 13 aromatic rings. The quantitative estimate of drug-likeness (QED) is 0.122. The van der Waals surface area contributed by atoms with E-state index in [1.807, 2.05) is 11.3 Å². The van der Waals surface area contributed by atoms with Crippen molar-refractivity contribution in [3.63, 3.8) is 0 Å². The summed E-state index contributed by atoms with van der Waals surface area (Å²) in [6, 6.07) is 77.2. The molecule has 0 aliphatic rings. The van der Waals surface area contributed by atoms with Crippen LogP contribution in [0.2, 0.25) is 0 Å². The van der Waals surface area contributed by atoms with Crippen LogP contribution in [0.3, 0.4) is 0 Å². The second-order valence-corrected chi connectivity index (χ2v) is 19.1. The van der Waals surface area contributed by atoms with E-state index in [1.54, 1.807) is 0 Å². The molecule has 0 aliphatic heterocycles. The monoisotopic (exact) mass is 842 g/mol. The van der Waals surface area contributed by atoms with Gasteiger partial charge in [0.05, 0.1) is 0 Å². The number of fused-ring (bicyclic) bond motifs is 10. The topological polar surface area (TPSA) is 0 Å². The molecule has 2 heteroatoms. The average molecular weight is 842 g/mol. The van der Waals surface area contributed by atoms with Gasteiger partial charge >= 0.3 is 359 Å². The molecule has 13 rings (SSSR count). The zero-order chi connectivity index (χ0) is 39.3. The number of benzene rings is 11. The molecule has 0 N–H and O–H groups in total. The van der Waals surface area contributed by atoms with Crippen molar-refractivity contribution < 1.29 is 0 Å². The van der Waals surface area contributed by atoms with Gasteiger partial charge in [-0.3, -0.25) is 0 Å². The normalized spacial score (nSPS) is 12.0. The second-order valence-electron chi connectivity index (χ2n) is 15.8. The van der Waals surface area contributed by atoms with Gasteiger partial charge in [0.25, 0.3) is 0 Å². The SMILES string of the molecule is c1ccc(-c2c3ccccc3c(-c3cccc4[se]c5c(-c6c7ccccc7c(-c7cccc8c7sc7ccccc78)c7ccccc67)cccc5c34)c3ccccc23)cc1. The fourth-order valence-corrected chi connectivity index (χ4v) is 14.1. The molecule has 0 saturated heterocycles. The Kier molecular flexibility index (Phi) is 7.59. The fraction of sp³-hybridized carbons (Fsp3) is 0. The third-order valence-corrected chi connectivity index (χ3v) is 16.4. The van der Waals surface area contributed by atoms with Gasteiger partial charge in [-0.15, -0.1) is 0 Å². The van der Waals surface area contributed by atoms with Gasteiger partial charge in [-0.25, -0.2) is 0 Å². The number of rotatable bonds is 4. The van der Waals surface area contributed by atoms with Gasteiger partial charge in [0.15, 0.2) is 0 Å². The van der Waals surface area contributed by atoms with Crippen LogP contribution in [0.15, 0.2) is 206 Å². The summed E-state index contributed by atoms with van der Waals surface area (Å²) in [5.41, 5.74) is 10.5. The van der Waals surface area contributed by atoms with Gasteiger partial charge in [-0.2, -0.15) is 0 Å². The van der Waals surface area contributed by atoms with Crippen LogP contribution in [0.4, 0.5) is 0 Å². The van der Waals surface area contributed by atoms with E-state index in [9.17, 15) is 0 Å². The number of thiophene rings is 1. The van der Waals surface area contributed by atoms with Crippen LogP contribution in [0.5, 0.6) is 0 Å². The predicted molar refractivity (Wildman–Crippen MR) is 263 cm³/mol. The molecule has 0 nitrogen and oxygen atoms in total. The summed E-state index contributed by atoms with van der Waals surface area (Å²) in [6.07, 6.45) is 0. The first-order chi connectivity index (χ1) is 29.8. The molecule has 0 unspecified atom stereocenters. The van der Waals surface area contributed by atoms with Gasteiger partial charge in [0.1, 0.15) is 0 Å². The van der Waals surface area contributed by atoms with Crippen molar-refractivity contribution in [1.82, 2.24) is 0 Å². The molecule has 0 fully saturated rings. The van der Waals surface area contributed by atoms with E-state index in [-0.39, 0.29) is 14.5 Å². The van der Waals surface area contributed by atoms with Gasteiger partial charge in [0.2, 0.25) is 0 Å². The Labute approximate surface area is 357 Å². The Balaban J connectivity index is 1.11. The summed E-state index contributed by atoms with van der Waals surface area (Å²) in [6.45, 7) is 0. The van der Waals surface area contributed by atoms with Gasteiger partial charge in [-0.1, -0.05) is 0 Å². The molecule has 0 atom stereocenters. The average Bonchev–Trinajstić information content (AvgIpc) is 3.90. The molecule has 2 aromatic heterocycles.